The van der Waals surface area contributed by atoms with Gasteiger partial charge in [-0.15, -0.1) is 23.2 Å². The van der Waals surface area contributed by atoms with Crippen molar-refractivity contribution in [3.63, 3.8) is 0 Å². The van der Waals surface area contributed by atoms with Crippen LogP contribution in [0.15, 0.2) is 42.5 Å². The van der Waals surface area contributed by atoms with Gasteiger partial charge in [0.1, 0.15) is 32.9 Å². The minimum atomic E-state index is -1.60. The summed E-state index contributed by atoms with van der Waals surface area (Å²) in [5, 5.41) is 2.28. The molecule has 2 atom stereocenters. The topological polar surface area (TPSA) is 102 Å². The highest BCUT2D eigenvalue weighted by molar-refractivity contribution is 6.53. The average Bonchev–Trinajstić information content (AvgIpc) is 3.55. The Morgan fingerprint density at radius 3 is 1.94 bits per heavy atom. The van der Waals surface area contributed by atoms with Crippen molar-refractivity contribution in [2.75, 3.05) is 10.2 Å². The number of alkyl halides is 2. The van der Waals surface area contributed by atoms with Crippen LogP contribution in [0.1, 0.15) is 74.5 Å². The van der Waals surface area contributed by atoms with Crippen molar-refractivity contribution in [2.24, 2.45) is 5.92 Å². The number of imide groups is 1. The molecule has 1 N–H and O–H groups in total. The maximum atomic E-state index is 16.0. The van der Waals surface area contributed by atoms with E-state index in [1.54, 1.807) is 0 Å². The molecule has 0 aliphatic heterocycles. The van der Waals surface area contributed by atoms with Gasteiger partial charge < -0.3 is 14.8 Å². The van der Waals surface area contributed by atoms with Crippen molar-refractivity contribution < 1.29 is 46.2 Å². The molecule has 0 radical (unpaired) electrons. The van der Waals surface area contributed by atoms with E-state index >= 15 is 13.2 Å². The van der Waals surface area contributed by atoms with Crippen molar-refractivity contribution in [1.82, 2.24) is 0 Å². The van der Waals surface area contributed by atoms with Crippen LogP contribution in [0, 0.1) is 36.1 Å². The van der Waals surface area contributed by atoms with Gasteiger partial charge >= 0.3 is 12.2 Å². The van der Waals surface area contributed by atoms with Crippen LogP contribution in [0.4, 0.5) is 38.5 Å². The van der Waals surface area contributed by atoms with E-state index in [0.717, 1.165) is 30.3 Å². The van der Waals surface area contributed by atoms with E-state index in [0.29, 0.717) is 5.56 Å². The first kappa shape index (κ1) is 38.9. The summed E-state index contributed by atoms with van der Waals surface area (Å²) in [7, 11) is 0. The molecule has 4 rings (SSSR count). The zero-order valence-electron chi connectivity index (χ0n) is 27.9. The van der Waals surface area contributed by atoms with Crippen LogP contribution in [0.25, 0.3) is 0 Å². The Bertz CT molecular complexity index is 1860. The zero-order chi connectivity index (χ0) is 37.7. The minimum Gasteiger partial charge on any atom is -0.443 e. The lowest BCUT2D eigenvalue weighted by atomic mass is 9.97. The molecule has 15 heteroatoms. The molecule has 1 aliphatic rings. The number of benzene rings is 3. The van der Waals surface area contributed by atoms with E-state index in [1.807, 2.05) is 0 Å². The summed E-state index contributed by atoms with van der Waals surface area (Å²) >= 11 is 18.6. The molecule has 50 heavy (non-hydrogen) atoms. The Kier molecular flexibility index (Phi) is 10.9. The van der Waals surface area contributed by atoms with E-state index in [1.165, 1.54) is 60.6 Å². The van der Waals surface area contributed by atoms with Crippen molar-refractivity contribution in [1.29, 1.82) is 0 Å². The smallest absolute Gasteiger partial charge is 0.424 e. The highest BCUT2D eigenvalue weighted by atomic mass is 35.5. The molecule has 268 valence electrons. The fraction of sp³-hybridized carbons (Fsp3) is 0.371. The normalized spacial score (nSPS) is 16.8. The number of nitrogens with one attached hydrogen (secondary N) is 1. The quantitative estimate of drug-likeness (QED) is 0.146. The number of ketones is 1. The van der Waals surface area contributed by atoms with Gasteiger partial charge in [0.15, 0.2) is 17.4 Å². The number of Topliss-reactive ketones (excluding diaryl/α,β-unsaturated/α-hetero) is 1. The molecule has 1 fully saturated rings. The van der Waals surface area contributed by atoms with E-state index in [4.69, 9.17) is 44.3 Å². The number of carbonyl (C=O) groups is 4. The molecular weight excluding hydrogens is 727 g/mol. The number of amides is 3. The van der Waals surface area contributed by atoms with Gasteiger partial charge in [-0.25, -0.2) is 27.2 Å². The van der Waals surface area contributed by atoms with Gasteiger partial charge in [0.05, 0.1) is 10.9 Å². The van der Waals surface area contributed by atoms with Gasteiger partial charge in [-0.3, -0.25) is 9.59 Å². The molecule has 0 saturated heterocycles. The Balaban J connectivity index is 1.63. The lowest BCUT2D eigenvalue weighted by Crippen LogP contribution is -2.44. The van der Waals surface area contributed by atoms with Crippen molar-refractivity contribution in [3.05, 3.63) is 93.0 Å². The van der Waals surface area contributed by atoms with Crippen LogP contribution in [0.2, 0.25) is 5.02 Å². The predicted octanol–water partition coefficient (Wildman–Crippen LogP) is 9.83. The molecule has 2 unspecified atom stereocenters. The first-order valence-corrected chi connectivity index (χ1v) is 16.3. The SMILES string of the molecule is Cc1c(F)cc(NC(=O)C2C(c3ccc(F)c(Cl)c3)C2(Cl)Cl)cc1C(=O)Cc1ccc(F)c(N(C(=O)OC(C)(C)C)C(=O)OC(C)(C)C)c1F. The first-order valence-electron chi connectivity index (χ1n) is 15.1. The Morgan fingerprint density at radius 2 is 1.40 bits per heavy atom. The minimum absolute atomic E-state index is 0.0645. The highest BCUT2D eigenvalue weighted by Crippen LogP contribution is 2.65. The van der Waals surface area contributed by atoms with E-state index in [-0.39, 0.29) is 26.7 Å². The number of hydrogen-bond donors (Lipinski definition) is 1. The van der Waals surface area contributed by atoms with E-state index in [9.17, 15) is 23.6 Å². The molecule has 0 heterocycles. The number of ether oxygens (including phenoxy) is 2. The Morgan fingerprint density at radius 1 is 0.840 bits per heavy atom. The van der Waals surface area contributed by atoms with Crippen molar-refractivity contribution in [3.8, 4) is 0 Å². The molecule has 1 saturated carbocycles. The third-order valence-corrected chi connectivity index (χ3v) is 8.65. The van der Waals surface area contributed by atoms with Crippen LogP contribution < -0.4 is 10.2 Å². The first-order chi connectivity index (χ1) is 22.9. The molecule has 3 aromatic carbocycles. The Labute approximate surface area is 300 Å². The second-order valence-electron chi connectivity index (χ2n) is 13.7. The molecule has 3 aromatic rings. The summed E-state index contributed by atoms with van der Waals surface area (Å²) in [5.41, 5.74) is -4.12. The second kappa shape index (κ2) is 14.0. The van der Waals surface area contributed by atoms with E-state index in [2.05, 4.69) is 5.32 Å². The standard InChI is InChI=1S/C35H33Cl3F4N2O6/c1-16-20(14-19(15-24(16)41)43-30(46)27-26(35(27,37)38)17-8-10-22(39)21(36)12-17)25(45)13-18-9-11-23(40)29(28(18)42)44(31(47)49-33(2,3)4)32(48)50-34(5,6)7/h8-12,14-15,26-27H,13H2,1-7H3,(H,43,46). The van der Waals surface area contributed by atoms with Gasteiger partial charge in [-0.05, 0) is 95.5 Å². The largest absolute Gasteiger partial charge is 0.443 e. The van der Waals surface area contributed by atoms with Crippen LogP contribution >= 0.6 is 34.8 Å². The van der Waals surface area contributed by atoms with Crippen molar-refractivity contribution in [2.45, 2.75) is 76.3 Å². The van der Waals surface area contributed by atoms with Crippen LogP contribution in [0.3, 0.4) is 0 Å². The molecule has 1 aliphatic carbocycles. The molecule has 3 amide bonds. The summed E-state index contributed by atoms with van der Waals surface area (Å²) in [5.74, 6) is -7.79. The summed E-state index contributed by atoms with van der Waals surface area (Å²) in [6, 6.07) is 7.56. The van der Waals surface area contributed by atoms with Crippen molar-refractivity contribution >= 4 is 70.1 Å². The maximum absolute atomic E-state index is 16.0. The summed E-state index contributed by atoms with van der Waals surface area (Å²) < 4.78 is 68.8. The van der Waals surface area contributed by atoms with Gasteiger partial charge in [0, 0.05) is 23.6 Å². The fourth-order valence-electron chi connectivity index (χ4n) is 5.10. The lowest BCUT2D eigenvalue weighted by Gasteiger charge is -2.29. The number of nitrogens with zero attached hydrogens (tertiary/aromatic N) is 1. The summed E-state index contributed by atoms with van der Waals surface area (Å²) in [6.07, 6.45) is -3.66. The lowest BCUT2D eigenvalue weighted by molar-refractivity contribution is -0.117. The number of carbonyl (C=O) groups excluding carboxylic acids is 4. The third kappa shape index (κ3) is 8.52. The number of hydrogen-bond acceptors (Lipinski definition) is 6. The monoisotopic (exact) mass is 758 g/mol. The number of halogens is 7. The highest BCUT2D eigenvalue weighted by Gasteiger charge is 2.67. The molecule has 8 nitrogen and oxygen atoms in total. The average molecular weight is 760 g/mol. The Hall–Kier alpha value is -3.87. The van der Waals surface area contributed by atoms with Crippen LogP contribution in [0.5, 0.6) is 0 Å². The number of rotatable bonds is 7. The predicted molar refractivity (Wildman–Crippen MR) is 181 cm³/mol. The summed E-state index contributed by atoms with van der Waals surface area (Å²) in [6.45, 7) is 10.1. The fourth-order valence-corrected chi connectivity index (χ4v) is 6.12. The van der Waals surface area contributed by atoms with Crippen LogP contribution in [-0.2, 0) is 20.7 Å². The second-order valence-corrected chi connectivity index (χ2v) is 15.5. The number of anilines is 2. The molecule has 0 spiro atoms. The third-order valence-electron chi connectivity index (χ3n) is 7.42. The van der Waals surface area contributed by atoms with Crippen LogP contribution in [-0.4, -0.2) is 39.4 Å². The summed E-state index contributed by atoms with van der Waals surface area (Å²) in [4.78, 5) is 52.9. The van der Waals surface area contributed by atoms with Gasteiger partial charge in [0.2, 0.25) is 5.91 Å². The van der Waals surface area contributed by atoms with E-state index < -0.39 is 92.2 Å². The van der Waals surface area contributed by atoms with Gasteiger partial charge in [0.25, 0.3) is 0 Å². The zero-order valence-corrected chi connectivity index (χ0v) is 30.2. The molecule has 0 aromatic heterocycles. The molecular formula is C35H33Cl3F4N2O6. The maximum Gasteiger partial charge on any atom is 0.424 e. The molecule has 0 bridgehead atoms. The van der Waals surface area contributed by atoms with Gasteiger partial charge in [-0.2, -0.15) is 4.90 Å². The van der Waals surface area contributed by atoms with Gasteiger partial charge in [-0.1, -0.05) is 23.7 Å².